The Hall–Kier alpha value is -2.86. The van der Waals surface area contributed by atoms with Crippen LogP contribution in [0.1, 0.15) is 6.92 Å². The molecule has 1 aromatic carbocycles. The fourth-order valence-electron chi connectivity index (χ4n) is 3.47. The van der Waals surface area contributed by atoms with E-state index in [2.05, 4.69) is 28.2 Å². The van der Waals surface area contributed by atoms with E-state index >= 15 is 0 Å². The van der Waals surface area contributed by atoms with Crippen molar-refractivity contribution < 1.29 is 4.42 Å². The summed E-state index contributed by atoms with van der Waals surface area (Å²) >= 11 is 0. The van der Waals surface area contributed by atoms with E-state index in [4.69, 9.17) is 4.42 Å². The van der Waals surface area contributed by atoms with Crippen molar-refractivity contribution in [2.75, 3.05) is 43.5 Å². The molecular weight excluding hydrogens is 340 g/mol. The Bertz CT molecular complexity index is 1010. The minimum atomic E-state index is -0.340. The standard InChI is InChI=1S/C21H24N4O2/c1-14-13-25(9-8-22-14)17-6-4-15-10-18(21(26)27-19(15)11-17)16-5-7-20(23-12-16)24(2)3/h4-7,10-12,14,22H,8-9,13H2,1-3H3. The summed E-state index contributed by atoms with van der Waals surface area (Å²) < 4.78 is 5.65. The highest BCUT2D eigenvalue weighted by molar-refractivity contribution is 5.84. The van der Waals surface area contributed by atoms with Gasteiger partial charge in [0.1, 0.15) is 11.4 Å². The first-order chi connectivity index (χ1) is 13.0. The van der Waals surface area contributed by atoms with Gasteiger partial charge in [-0.2, -0.15) is 0 Å². The molecule has 0 amide bonds. The maximum atomic E-state index is 12.6. The monoisotopic (exact) mass is 364 g/mol. The molecule has 1 saturated heterocycles. The van der Waals surface area contributed by atoms with E-state index in [1.165, 1.54) is 0 Å². The van der Waals surface area contributed by atoms with Gasteiger partial charge in [0.05, 0.1) is 5.56 Å². The predicted octanol–water partition coefficient (Wildman–Crippen LogP) is 2.72. The zero-order valence-corrected chi connectivity index (χ0v) is 15.9. The summed E-state index contributed by atoms with van der Waals surface area (Å²) in [5, 5.41) is 4.35. The van der Waals surface area contributed by atoms with Gasteiger partial charge in [-0.3, -0.25) is 0 Å². The van der Waals surface area contributed by atoms with E-state index in [9.17, 15) is 4.79 Å². The van der Waals surface area contributed by atoms with Crippen LogP contribution in [0.3, 0.4) is 0 Å². The first kappa shape index (κ1) is 17.5. The highest BCUT2D eigenvalue weighted by atomic mass is 16.4. The first-order valence-corrected chi connectivity index (χ1v) is 9.21. The largest absolute Gasteiger partial charge is 0.422 e. The number of rotatable bonds is 3. The summed E-state index contributed by atoms with van der Waals surface area (Å²) in [7, 11) is 3.87. The molecule has 1 aliphatic heterocycles. The van der Waals surface area contributed by atoms with Crippen molar-refractivity contribution in [3.8, 4) is 11.1 Å². The van der Waals surface area contributed by atoms with Gasteiger partial charge in [-0.1, -0.05) is 0 Å². The van der Waals surface area contributed by atoms with Crippen molar-refractivity contribution >= 4 is 22.5 Å². The van der Waals surface area contributed by atoms with Gasteiger partial charge in [-0.15, -0.1) is 0 Å². The topological polar surface area (TPSA) is 61.6 Å². The summed E-state index contributed by atoms with van der Waals surface area (Å²) in [5.74, 6) is 0.846. The zero-order chi connectivity index (χ0) is 19.0. The fourth-order valence-corrected chi connectivity index (χ4v) is 3.47. The summed E-state index contributed by atoms with van der Waals surface area (Å²) in [5.41, 5.74) is 2.65. The molecule has 2 aromatic heterocycles. The van der Waals surface area contributed by atoms with E-state index in [0.717, 1.165) is 42.1 Å². The van der Waals surface area contributed by atoms with Crippen LogP contribution in [0.15, 0.2) is 51.8 Å². The number of nitrogens with zero attached hydrogens (tertiary/aromatic N) is 3. The number of hydrogen-bond donors (Lipinski definition) is 1. The molecule has 6 heteroatoms. The molecule has 6 nitrogen and oxygen atoms in total. The molecule has 1 atom stereocenters. The number of benzene rings is 1. The smallest absolute Gasteiger partial charge is 0.344 e. The van der Waals surface area contributed by atoms with Crippen LogP contribution >= 0.6 is 0 Å². The normalized spacial score (nSPS) is 17.3. The Kier molecular flexibility index (Phi) is 4.58. The van der Waals surface area contributed by atoms with Gasteiger partial charge in [0, 0.05) is 68.7 Å². The lowest BCUT2D eigenvalue weighted by atomic mass is 10.1. The van der Waals surface area contributed by atoms with Crippen LogP contribution < -0.4 is 20.7 Å². The number of anilines is 2. The third kappa shape index (κ3) is 3.53. The SMILES string of the molecule is CC1CN(c2ccc3cc(-c4ccc(N(C)C)nc4)c(=O)oc3c2)CCN1. The minimum Gasteiger partial charge on any atom is -0.422 e. The number of aromatic nitrogens is 1. The minimum absolute atomic E-state index is 0.340. The maximum Gasteiger partial charge on any atom is 0.344 e. The van der Waals surface area contributed by atoms with E-state index < -0.39 is 0 Å². The fraction of sp³-hybridized carbons (Fsp3) is 0.333. The summed E-state index contributed by atoms with van der Waals surface area (Å²) in [4.78, 5) is 21.2. The molecule has 0 radical (unpaired) electrons. The third-order valence-electron chi connectivity index (χ3n) is 4.97. The van der Waals surface area contributed by atoms with Crippen LogP contribution in [-0.2, 0) is 0 Å². The van der Waals surface area contributed by atoms with E-state index in [1.807, 2.05) is 49.3 Å². The lowest BCUT2D eigenvalue weighted by molar-refractivity contribution is 0.484. The Balaban J connectivity index is 1.69. The second-order valence-electron chi connectivity index (χ2n) is 7.27. The number of piperazine rings is 1. The van der Waals surface area contributed by atoms with Gasteiger partial charge in [0.2, 0.25) is 0 Å². The lowest BCUT2D eigenvalue weighted by Crippen LogP contribution is -2.49. The molecule has 3 aromatic rings. The highest BCUT2D eigenvalue weighted by Gasteiger charge is 2.17. The molecule has 4 rings (SSSR count). The molecule has 27 heavy (non-hydrogen) atoms. The average molecular weight is 364 g/mol. The quantitative estimate of drug-likeness (QED) is 0.721. The molecule has 0 spiro atoms. The van der Waals surface area contributed by atoms with E-state index in [0.29, 0.717) is 17.2 Å². The lowest BCUT2D eigenvalue weighted by Gasteiger charge is -2.33. The van der Waals surface area contributed by atoms with Crippen molar-refractivity contribution in [2.24, 2.45) is 0 Å². The van der Waals surface area contributed by atoms with Crippen LogP contribution in [0.25, 0.3) is 22.1 Å². The van der Waals surface area contributed by atoms with Crippen LogP contribution in [0, 0.1) is 0 Å². The zero-order valence-electron chi connectivity index (χ0n) is 15.9. The van der Waals surface area contributed by atoms with E-state index in [-0.39, 0.29) is 5.63 Å². The van der Waals surface area contributed by atoms with Gasteiger partial charge in [-0.05, 0) is 37.3 Å². The highest BCUT2D eigenvalue weighted by Crippen LogP contribution is 2.26. The van der Waals surface area contributed by atoms with Crippen molar-refractivity contribution in [1.82, 2.24) is 10.3 Å². The molecule has 1 fully saturated rings. The Morgan fingerprint density at radius 2 is 2.07 bits per heavy atom. The third-order valence-corrected chi connectivity index (χ3v) is 4.97. The maximum absolute atomic E-state index is 12.6. The van der Waals surface area contributed by atoms with Crippen LogP contribution in [0.4, 0.5) is 11.5 Å². The molecule has 1 aliphatic rings. The van der Waals surface area contributed by atoms with E-state index in [1.54, 1.807) is 6.20 Å². The molecule has 1 unspecified atom stereocenters. The average Bonchev–Trinajstić information content (AvgIpc) is 2.67. The van der Waals surface area contributed by atoms with Crippen molar-refractivity contribution in [2.45, 2.75) is 13.0 Å². The molecule has 1 N–H and O–H groups in total. The van der Waals surface area contributed by atoms with Gasteiger partial charge in [0.15, 0.2) is 0 Å². The van der Waals surface area contributed by atoms with Crippen LogP contribution in [0.5, 0.6) is 0 Å². The van der Waals surface area contributed by atoms with Gasteiger partial charge < -0.3 is 19.5 Å². The van der Waals surface area contributed by atoms with Crippen molar-refractivity contribution in [3.63, 3.8) is 0 Å². The molecule has 0 aliphatic carbocycles. The molecule has 140 valence electrons. The van der Waals surface area contributed by atoms with Gasteiger partial charge in [-0.25, -0.2) is 9.78 Å². The number of nitrogens with one attached hydrogen (secondary N) is 1. The van der Waals surface area contributed by atoms with Gasteiger partial charge >= 0.3 is 5.63 Å². The molecular formula is C21H24N4O2. The summed E-state index contributed by atoms with van der Waals surface area (Å²) in [6.07, 6.45) is 1.71. The summed E-state index contributed by atoms with van der Waals surface area (Å²) in [6, 6.07) is 12.2. The number of fused-ring (bicyclic) bond motifs is 1. The number of hydrogen-bond acceptors (Lipinski definition) is 6. The van der Waals surface area contributed by atoms with Crippen LogP contribution in [0.2, 0.25) is 0 Å². The first-order valence-electron chi connectivity index (χ1n) is 9.21. The van der Waals surface area contributed by atoms with Crippen LogP contribution in [-0.4, -0.2) is 44.8 Å². The Labute approximate surface area is 158 Å². The molecule has 0 bridgehead atoms. The molecule has 0 saturated carbocycles. The van der Waals surface area contributed by atoms with Gasteiger partial charge in [0.25, 0.3) is 0 Å². The predicted molar refractivity (Wildman–Crippen MR) is 110 cm³/mol. The second-order valence-corrected chi connectivity index (χ2v) is 7.27. The number of pyridine rings is 1. The summed E-state index contributed by atoms with van der Waals surface area (Å²) in [6.45, 7) is 5.02. The molecule has 3 heterocycles. The Morgan fingerprint density at radius 3 is 2.78 bits per heavy atom. The second kappa shape index (κ2) is 7.04. The van der Waals surface area contributed by atoms with Crippen molar-refractivity contribution in [1.29, 1.82) is 0 Å². The Morgan fingerprint density at radius 1 is 1.22 bits per heavy atom. The van der Waals surface area contributed by atoms with Crippen molar-refractivity contribution in [3.05, 3.63) is 53.0 Å².